The van der Waals surface area contributed by atoms with Crippen LogP contribution >= 0.6 is 0 Å². The molecule has 1 saturated heterocycles. The summed E-state index contributed by atoms with van der Waals surface area (Å²) in [7, 11) is 0. The van der Waals surface area contributed by atoms with Gasteiger partial charge in [0, 0.05) is 19.3 Å². The molecule has 0 radical (unpaired) electrons. The van der Waals surface area contributed by atoms with Crippen molar-refractivity contribution in [2.45, 2.75) is 31.9 Å². The van der Waals surface area contributed by atoms with Gasteiger partial charge in [0.25, 0.3) is 5.91 Å². The predicted molar refractivity (Wildman–Crippen MR) is 86.0 cm³/mol. The van der Waals surface area contributed by atoms with Crippen molar-refractivity contribution in [3.05, 3.63) is 47.8 Å². The Morgan fingerprint density at radius 3 is 2.92 bits per heavy atom. The van der Waals surface area contributed by atoms with Crippen LogP contribution in [0.5, 0.6) is 0 Å². The van der Waals surface area contributed by atoms with Gasteiger partial charge in [-0.2, -0.15) is 5.10 Å². The predicted octanol–water partition coefficient (Wildman–Crippen LogP) is 1.76. The maximum Gasteiger partial charge on any atom is 0.356 e. The first-order chi connectivity index (χ1) is 11.5. The van der Waals surface area contributed by atoms with Gasteiger partial charge in [-0.05, 0) is 43.5 Å². The van der Waals surface area contributed by atoms with Crippen molar-refractivity contribution in [3.63, 3.8) is 0 Å². The molecule has 7 nitrogen and oxygen atoms in total. The molecule has 2 N–H and O–H groups in total. The molecule has 7 heteroatoms. The van der Waals surface area contributed by atoms with E-state index in [1.807, 2.05) is 31.2 Å². The highest BCUT2D eigenvalue weighted by molar-refractivity contribution is 5.85. The second kappa shape index (κ2) is 6.45. The lowest BCUT2D eigenvalue weighted by Gasteiger charge is -2.22. The summed E-state index contributed by atoms with van der Waals surface area (Å²) in [4.78, 5) is 23.2. The molecular weight excluding hydrogens is 310 g/mol. The molecule has 0 bridgehead atoms. The monoisotopic (exact) mass is 329 g/mol. The van der Waals surface area contributed by atoms with E-state index < -0.39 is 11.6 Å². The summed E-state index contributed by atoms with van der Waals surface area (Å²) in [6.45, 7) is 2.80. The molecule has 126 valence electrons. The molecule has 2 aromatic rings. The molecule has 1 amide bonds. The number of aromatic carboxylic acids is 1. The third-order valence-corrected chi connectivity index (χ3v) is 4.14. The number of benzene rings is 1. The molecule has 2 heterocycles. The number of carboxylic acids is 1. The molecule has 0 saturated carbocycles. The lowest BCUT2D eigenvalue weighted by Crippen LogP contribution is -2.43. The Hall–Kier alpha value is -2.67. The van der Waals surface area contributed by atoms with E-state index in [-0.39, 0.29) is 11.6 Å². The molecule has 3 rings (SSSR count). The van der Waals surface area contributed by atoms with Crippen molar-refractivity contribution in [2.24, 2.45) is 0 Å². The largest absolute Gasteiger partial charge is 0.476 e. The summed E-state index contributed by atoms with van der Waals surface area (Å²) in [6.07, 6.45) is 3.21. The summed E-state index contributed by atoms with van der Waals surface area (Å²) in [6, 6.07) is 8.85. The number of ether oxygens (including phenoxy) is 1. The van der Waals surface area contributed by atoms with Crippen LogP contribution < -0.4 is 5.32 Å². The Bertz CT molecular complexity index is 763. The number of carbonyl (C=O) groups is 2. The van der Waals surface area contributed by atoms with Gasteiger partial charge >= 0.3 is 5.97 Å². The van der Waals surface area contributed by atoms with Crippen molar-refractivity contribution in [3.8, 4) is 5.69 Å². The summed E-state index contributed by atoms with van der Waals surface area (Å²) < 4.78 is 7.02. The van der Waals surface area contributed by atoms with Crippen molar-refractivity contribution >= 4 is 11.9 Å². The number of carboxylic acid groups (broad SMARTS) is 1. The molecule has 1 atom stereocenters. The first-order valence-corrected chi connectivity index (χ1v) is 7.78. The second-order valence-corrected chi connectivity index (χ2v) is 5.99. The summed E-state index contributed by atoms with van der Waals surface area (Å²) in [5, 5.41) is 15.8. The van der Waals surface area contributed by atoms with Crippen LogP contribution in [0.1, 0.15) is 35.8 Å². The minimum absolute atomic E-state index is 0.0139. The van der Waals surface area contributed by atoms with Crippen molar-refractivity contribution in [1.29, 1.82) is 0 Å². The Morgan fingerprint density at radius 1 is 1.42 bits per heavy atom. The highest BCUT2D eigenvalue weighted by atomic mass is 16.5. The van der Waals surface area contributed by atoms with Crippen LogP contribution in [0.2, 0.25) is 0 Å². The molecule has 0 spiro atoms. The third-order valence-electron chi connectivity index (χ3n) is 4.14. The minimum Gasteiger partial charge on any atom is -0.476 e. The molecule has 1 fully saturated rings. The number of amides is 1. The second-order valence-electron chi connectivity index (χ2n) is 5.99. The summed E-state index contributed by atoms with van der Waals surface area (Å²) in [5.41, 5.74) is 0.878. The zero-order chi connectivity index (χ0) is 17.2. The fourth-order valence-corrected chi connectivity index (χ4v) is 2.72. The Morgan fingerprint density at radius 2 is 2.25 bits per heavy atom. The maximum absolute atomic E-state index is 12.3. The van der Waals surface area contributed by atoms with Crippen LogP contribution in [0.15, 0.2) is 36.5 Å². The van der Waals surface area contributed by atoms with Gasteiger partial charge in [-0.15, -0.1) is 0 Å². The first-order valence-electron chi connectivity index (χ1n) is 7.78. The normalized spacial score (nSPS) is 20.0. The van der Waals surface area contributed by atoms with E-state index in [0.717, 1.165) is 24.1 Å². The van der Waals surface area contributed by atoms with Crippen molar-refractivity contribution in [1.82, 2.24) is 15.1 Å². The number of aromatic nitrogens is 2. The average molecular weight is 329 g/mol. The number of nitrogens with zero attached hydrogens (tertiary/aromatic N) is 2. The molecule has 1 aliphatic rings. The van der Waals surface area contributed by atoms with E-state index in [9.17, 15) is 9.59 Å². The molecular formula is C17H19N3O4. The highest BCUT2D eigenvalue weighted by Crippen LogP contribution is 2.25. The lowest BCUT2D eigenvalue weighted by molar-refractivity contribution is -0.139. The fraction of sp³-hybridized carbons (Fsp3) is 0.353. The zero-order valence-corrected chi connectivity index (χ0v) is 13.4. The molecule has 1 aromatic carbocycles. The zero-order valence-electron chi connectivity index (χ0n) is 13.4. The quantitative estimate of drug-likeness (QED) is 0.872. The molecule has 1 aromatic heterocycles. The smallest absolute Gasteiger partial charge is 0.356 e. The van der Waals surface area contributed by atoms with E-state index in [0.29, 0.717) is 13.2 Å². The van der Waals surface area contributed by atoms with Crippen LogP contribution in [0.3, 0.4) is 0 Å². The fourth-order valence-electron chi connectivity index (χ4n) is 2.72. The Labute approximate surface area is 139 Å². The summed E-state index contributed by atoms with van der Waals surface area (Å²) >= 11 is 0. The Balaban J connectivity index is 1.69. The first kappa shape index (κ1) is 16.2. The number of carbonyl (C=O) groups excluding carboxylic acids is 1. The number of hydrogen-bond donors (Lipinski definition) is 2. The molecule has 0 aliphatic carbocycles. The van der Waals surface area contributed by atoms with Crippen molar-refractivity contribution < 1.29 is 19.4 Å². The number of rotatable bonds is 5. The average Bonchev–Trinajstić information content (AvgIpc) is 3.23. The van der Waals surface area contributed by atoms with Crippen LogP contribution in [0.4, 0.5) is 0 Å². The van der Waals surface area contributed by atoms with Crippen LogP contribution in [0, 0.1) is 0 Å². The molecule has 1 aliphatic heterocycles. The van der Waals surface area contributed by atoms with Crippen LogP contribution in [-0.2, 0) is 16.1 Å². The van der Waals surface area contributed by atoms with Gasteiger partial charge in [-0.1, -0.05) is 12.1 Å². The summed E-state index contributed by atoms with van der Waals surface area (Å²) in [5.74, 6) is -1.18. The van der Waals surface area contributed by atoms with Crippen LogP contribution in [0.25, 0.3) is 5.69 Å². The lowest BCUT2D eigenvalue weighted by atomic mass is 10.0. The minimum atomic E-state index is -1.07. The van der Waals surface area contributed by atoms with Gasteiger partial charge in [-0.3, -0.25) is 4.79 Å². The van der Waals surface area contributed by atoms with Gasteiger partial charge in [0.1, 0.15) is 5.60 Å². The van der Waals surface area contributed by atoms with Gasteiger partial charge in [0.15, 0.2) is 5.69 Å². The highest BCUT2D eigenvalue weighted by Gasteiger charge is 2.37. The standard InChI is InChI=1S/C17H19N3O4/c1-17(7-3-9-24-17)16(23)18-11-12-4-2-5-13(10-12)20-8-6-14(19-20)15(21)22/h2,4-6,8,10H,3,7,9,11H2,1H3,(H,18,23)(H,21,22). The molecule has 1 unspecified atom stereocenters. The number of hydrogen-bond acceptors (Lipinski definition) is 4. The number of nitrogens with one attached hydrogen (secondary N) is 1. The maximum atomic E-state index is 12.3. The van der Waals surface area contributed by atoms with E-state index in [2.05, 4.69) is 10.4 Å². The Kier molecular flexibility index (Phi) is 4.35. The van der Waals surface area contributed by atoms with Gasteiger partial charge in [0.05, 0.1) is 5.69 Å². The van der Waals surface area contributed by atoms with Gasteiger partial charge in [0.2, 0.25) is 0 Å². The van der Waals surface area contributed by atoms with E-state index in [1.54, 1.807) is 6.20 Å². The molecule has 24 heavy (non-hydrogen) atoms. The third kappa shape index (κ3) is 3.30. The van der Waals surface area contributed by atoms with Crippen molar-refractivity contribution in [2.75, 3.05) is 6.61 Å². The van der Waals surface area contributed by atoms with Gasteiger partial charge in [-0.25, -0.2) is 9.48 Å². The van der Waals surface area contributed by atoms with E-state index in [4.69, 9.17) is 9.84 Å². The van der Waals surface area contributed by atoms with E-state index >= 15 is 0 Å². The van der Waals surface area contributed by atoms with Gasteiger partial charge < -0.3 is 15.2 Å². The van der Waals surface area contributed by atoms with E-state index in [1.165, 1.54) is 10.7 Å². The topological polar surface area (TPSA) is 93.5 Å². The SMILES string of the molecule is CC1(C(=O)NCc2cccc(-n3ccc(C(=O)O)n3)c2)CCCO1. The van der Waals surface area contributed by atoms with Crippen LogP contribution in [-0.4, -0.2) is 39.0 Å².